The first-order chi connectivity index (χ1) is 16.0. The van der Waals surface area contributed by atoms with Crippen molar-refractivity contribution < 1.29 is 28.6 Å². The highest BCUT2D eigenvalue weighted by atomic mass is 19.1. The number of halogens is 1. The Morgan fingerprint density at radius 1 is 0.939 bits per heavy atom. The van der Waals surface area contributed by atoms with E-state index >= 15 is 0 Å². The van der Waals surface area contributed by atoms with Crippen LogP contribution in [0, 0.1) is 5.82 Å². The summed E-state index contributed by atoms with van der Waals surface area (Å²) in [5.41, 5.74) is 1.79. The number of fused-ring (bicyclic) bond motifs is 1. The molecular formula is C24H28FN3O5. The zero-order chi connectivity index (χ0) is 23.2. The van der Waals surface area contributed by atoms with Gasteiger partial charge in [0, 0.05) is 26.1 Å². The van der Waals surface area contributed by atoms with E-state index in [1.165, 1.54) is 12.1 Å². The van der Waals surface area contributed by atoms with Crippen LogP contribution in [0.25, 0.3) is 0 Å². The number of hydrogen-bond donors (Lipinski definition) is 4. The number of carbonyl (C=O) groups excluding carboxylic acids is 2. The molecule has 9 heteroatoms. The molecule has 4 N–H and O–H groups in total. The molecule has 5 atom stereocenters. The summed E-state index contributed by atoms with van der Waals surface area (Å²) < 4.78 is 24.7. The van der Waals surface area contributed by atoms with Crippen molar-refractivity contribution in [3.05, 3.63) is 71.5 Å². The smallest absolute Gasteiger partial charge is 0.315 e. The molecular weight excluding hydrogens is 429 g/mol. The molecule has 176 valence electrons. The van der Waals surface area contributed by atoms with E-state index in [1.807, 2.05) is 30.3 Å². The predicted molar refractivity (Wildman–Crippen MR) is 117 cm³/mol. The van der Waals surface area contributed by atoms with Crippen molar-refractivity contribution in [2.75, 3.05) is 6.54 Å². The largest absolute Gasteiger partial charge is 0.388 e. The maximum Gasteiger partial charge on any atom is 0.315 e. The maximum atomic E-state index is 13.0. The Morgan fingerprint density at radius 3 is 2.36 bits per heavy atom. The Balaban J connectivity index is 1.15. The quantitative estimate of drug-likeness (QED) is 0.482. The molecule has 2 aliphatic rings. The van der Waals surface area contributed by atoms with Crippen molar-refractivity contribution >= 4 is 11.9 Å². The van der Waals surface area contributed by atoms with Gasteiger partial charge in [-0.25, -0.2) is 9.18 Å². The number of aliphatic hydroxyl groups excluding tert-OH is 1. The first kappa shape index (κ1) is 23.2. The summed E-state index contributed by atoms with van der Waals surface area (Å²) in [4.78, 5) is 24.3. The fraction of sp³-hybridized carbons (Fsp3) is 0.417. The molecule has 0 spiro atoms. The Bertz CT molecular complexity index is 943. The number of nitrogens with one attached hydrogen (secondary N) is 3. The summed E-state index contributed by atoms with van der Waals surface area (Å²) >= 11 is 0. The Kier molecular flexibility index (Phi) is 7.54. The Morgan fingerprint density at radius 2 is 1.64 bits per heavy atom. The Labute approximate surface area is 191 Å². The fourth-order valence-corrected chi connectivity index (χ4v) is 4.12. The third-order valence-corrected chi connectivity index (χ3v) is 5.85. The van der Waals surface area contributed by atoms with Crippen molar-refractivity contribution in [2.45, 2.75) is 56.5 Å². The van der Waals surface area contributed by atoms with Gasteiger partial charge in [-0.2, -0.15) is 0 Å². The van der Waals surface area contributed by atoms with E-state index in [2.05, 4.69) is 16.0 Å². The van der Waals surface area contributed by atoms with Crippen LogP contribution in [0.15, 0.2) is 54.6 Å². The van der Waals surface area contributed by atoms with Crippen molar-refractivity contribution in [2.24, 2.45) is 0 Å². The molecule has 2 fully saturated rings. The zero-order valence-corrected chi connectivity index (χ0v) is 18.1. The SMILES string of the molecule is O=C(C[C@@H]1C[C@H]2O[C@H](CNC(=O)NCc3ccccc3)[C@@H](O)[C@H]2O1)NCc1ccc(F)cc1. The van der Waals surface area contributed by atoms with Gasteiger partial charge in [-0.15, -0.1) is 0 Å². The third kappa shape index (κ3) is 6.28. The van der Waals surface area contributed by atoms with E-state index in [-0.39, 0.29) is 42.9 Å². The van der Waals surface area contributed by atoms with Crippen molar-refractivity contribution in [3.63, 3.8) is 0 Å². The van der Waals surface area contributed by atoms with Crippen LogP contribution in [0.1, 0.15) is 24.0 Å². The highest BCUT2D eigenvalue weighted by molar-refractivity contribution is 5.76. The van der Waals surface area contributed by atoms with E-state index in [0.29, 0.717) is 19.5 Å². The molecule has 0 aromatic heterocycles. The molecule has 33 heavy (non-hydrogen) atoms. The first-order valence-electron chi connectivity index (χ1n) is 11.0. The number of amides is 3. The van der Waals surface area contributed by atoms with Gasteiger partial charge >= 0.3 is 6.03 Å². The molecule has 4 rings (SSSR count). The van der Waals surface area contributed by atoms with Crippen LogP contribution < -0.4 is 16.0 Å². The highest BCUT2D eigenvalue weighted by Crippen LogP contribution is 2.35. The van der Waals surface area contributed by atoms with Gasteiger partial charge in [0.1, 0.15) is 24.1 Å². The van der Waals surface area contributed by atoms with Gasteiger partial charge < -0.3 is 30.5 Å². The topological polar surface area (TPSA) is 109 Å². The number of hydrogen-bond acceptors (Lipinski definition) is 5. The van der Waals surface area contributed by atoms with Gasteiger partial charge in [-0.3, -0.25) is 4.79 Å². The van der Waals surface area contributed by atoms with Gasteiger partial charge in [0.15, 0.2) is 0 Å². The van der Waals surface area contributed by atoms with Crippen molar-refractivity contribution in [1.29, 1.82) is 0 Å². The predicted octanol–water partition coefficient (Wildman–Crippen LogP) is 1.62. The number of aliphatic hydroxyl groups is 1. The maximum absolute atomic E-state index is 13.0. The minimum atomic E-state index is -0.892. The average molecular weight is 458 g/mol. The first-order valence-corrected chi connectivity index (χ1v) is 11.0. The fourth-order valence-electron chi connectivity index (χ4n) is 4.12. The van der Waals surface area contributed by atoms with Gasteiger partial charge in [0.25, 0.3) is 0 Å². The number of urea groups is 1. The molecule has 0 unspecified atom stereocenters. The van der Waals surface area contributed by atoms with Gasteiger partial charge in [0.2, 0.25) is 5.91 Å². The van der Waals surface area contributed by atoms with E-state index in [9.17, 15) is 19.1 Å². The standard InChI is InChI=1S/C24H28FN3O5/c25-17-8-6-16(7-9-17)12-26-21(29)11-18-10-19-23(32-18)22(30)20(33-19)14-28-24(31)27-13-15-4-2-1-3-5-15/h1-9,18-20,22-23,30H,10-14H2,(H,26,29)(H2,27,28,31)/t18-,19+,20+,22+,23-/m0/s1. The molecule has 2 aromatic carbocycles. The summed E-state index contributed by atoms with van der Waals surface area (Å²) in [5, 5.41) is 18.8. The Hall–Kier alpha value is -3.01. The number of benzene rings is 2. The van der Waals surface area contributed by atoms with E-state index < -0.39 is 18.3 Å². The summed E-state index contributed by atoms with van der Waals surface area (Å²) in [6, 6.07) is 15.1. The van der Waals surface area contributed by atoms with E-state index in [4.69, 9.17) is 9.47 Å². The summed E-state index contributed by atoms with van der Waals surface area (Å²) in [5.74, 6) is -0.511. The van der Waals surface area contributed by atoms with Crippen LogP contribution in [0.3, 0.4) is 0 Å². The van der Waals surface area contributed by atoms with Crippen LogP contribution in [0.4, 0.5) is 9.18 Å². The number of rotatable bonds is 8. The lowest BCUT2D eigenvalue weighted by molar-refractivity contribution is -0.124. The third-order valence-electron chi connectivity index (χ3n) is 5.85. The van der Waals surface area contributed by atoms with Crippen LogP contribution in [0.2, 0.25) is 0 Å². The monoisotopic (exact) mass is 457 g/mol. The molecule has 0 bridgehead atoms. The summed E-state index contributed by atoms with van der Waals surface area (Å²) in [6.45, 7) is 0.860. The second-order valence-electron chi connectivity index (χ2n) is 8.32. The molecule has 3 amide bonds. The van der Waals surface area contributed by atoms with Crippen LogP contribution in [-0.2, 0) is 27.4 Å². The summed E-state index contributed by atoms with van der Waals surface area (Å²) in [7, 11) is 0. The normalized spacial score (nSPS) is 25.9. The van der Waals surface area contributed by atoms with Crippen LogP contribution >= 0.6 is 0 Å². The molecule has 0 radical (unpaired) electrons. The van der Waals surface area contributed by atoms with Crippen LogP contribution in [0.5, 0.6) is 0 Å². The molecule has 0 aliphatic carbocycles. The van der Waals surface area contributed by atoms with E-state index in [0.717, 1.165) is 11.1 Å². The minimum Gasteiger partial charge on any atom is -0.388 e. The molecule has 2 aromatic rings. The van der Waals surface area contributed by atoms with Gasteiger partial charge in [-0.1, -0.05) is 42.5 Å². The average Bonchev–Trinajstić information content (AvgIpc) is 3.34. The van der Waals surface area contributed by atoms with E-state index in [1.54, 1.807) is 12.1 Å². The summed E-state index contributed by atoms with van der Waals surface area (Å²) in [6.07, 6.45) is -2.04. The zero-order valence-electron chi connectivity index (χ0n) is 18.1. The second kappa shape index (κ2) is 10.7. The highest BCUT2D eigenvalue weighted by Gasteiger charge is 2.50. The number of carbonyl (C=O) groups is 2. The van der Waals surface area contributed by atoms with Crippen LogP contribution in [-0.4, -0.2) is 54.1 Å². The molecule has 8 nitrogen and oxygen atoms in total. The van der Waals surface area contributed by atoms with Gasteiger partial charge in [0.05, 0.1) is 18.6 Å². The molecule has 0 saturated carbocycles. The lowest BCUT2D eigenvalue weighted by Gasteiger charge is -2.20. The van der Waals surface area contributed by atoms with Gasteiger partial charge in [-0.05, 0) is 23.3 Å². The lowest BCUT2D eigenvalue weighted by atomic mass is 10.1. The lowest BCUT2D eigenvalue weighted by Crippen LogP contribution is -2.44. The molecule has 2 saturated heterocycles. The van der Waals surface area contributed by atoms with Crippen molar-refractivity contribution in [3.8, 4) is 0 Å². The molecule has 2 heterocycles. The second-order valence-corrected chi connectivity index (χ2v) is 8.32. The number of ether oxygens (including phenoxy) is 2. The van der Waals surface area contributed by atoms with Crippen molar-refractivity contribution in [1.82, 2.24) is 16.0 Å². The minimum absolute atomic E-state index is 0.148. The molecule has 2 aliphatic heterocycles.